The second kappa shape index (κ2) is 5.50. The third-order valence-electron chi connectivity index (χ3n) is 3.21. The van der Waals surface area contributed by atoms with Gasteiger partial charge in [-0.1, -0.05) is 17.7 Å². The van der Waals surface area contributed by atoms with Gasteiger partial charge in [0.15, 0.2) is 0 Å². The fraction of sp³-hybridized carbons (Fsp3) is 0.500. The van der Waals surface area contributed by atoms with Crippen LogP contribution in [0.1, 0.15) is 17.5 Å². The summed E-state index contributed by atoms with van der Waals surface area (Å²) >= 11 is 0. The first-order valence-electron chi connectivity index (χ1n) is 6.24. The van der Waals surface area contributed by atoms with Gasteiger partial charge in [0.1, 0.15) is 6.10 Å². The molecule has 0 aromatic heterocycles. The molecule has 1 heterocycles. The van der Waals surface area contributed by atoms with Crippen LogP contribution in [0.3, 0.4) is 0 Å². The maximum Gasteiger partial charge on any atom is 0.256 e. The van der Waals surface area contributed by atoms with E-state index in [0.29, 0.717) is 19.6 Å². The number of aryl methyl sites for hydroxylation is 2. The van der Waals surface area contributed by atoms with Gasteiger partial charge >= 0.3 is 0 Å². The lowest BCUT2D eigenvalue weighted by Crippen LogP contribution is -2.48. The van der Waals surface area contributed by atoms with E-state index in [1.165, 1.54) is 5.56 Å². The van der Waals surface area contributed by atoms with Crippen LogP contribution in [0.5, 0.6) is 0 Å². The Bertz CT molecular complexity index is 443. The molecule has 1 aliphatic heterocycles. The van der Waals surface area contributed by atoms with E-state index in [4.69, 9.17) is 9.84 Å². The second-order valence-electron chi connectivity index (χ2n) is 4.65. The first-order chi connectivity index (χ1) is 8.63. The number of aliphatic hydroxyl groups excluding tert-OH is 1. The van der Waals surface area contributed by atoms with E-state index >= 15 is 0 Å². The molecule has 1 aromatic carbocycles. The Morgan fingerprint density at radius 2 is 2.22 bits per heavy atom. The van der Waals surface area contributed by atoms with E-state index in [1.54, 1.807) is 4.90 Å². The van der Waals surface area contributed by atoms with E-state index in [-0.39, 0.29) is 12.5 Å². The van der Waals surface area contributed by atoms with Gasteiger partial charge in [-0.3, -0.25) is 4.79 Å². The molecule has 98 valence electrons. The summed E-state index contributed by atoms with van der Waals surface area (Å²) in [5.41, 5.74) is 3.22. The molecule has 0 spiro atoms. The maximum atomic E-state index is 12.2. The summed E-state index contributed by atoms with van der Waals surface area (Å²) in [5.74, 6) is -0.0535. The number of morpholine rings is 1. The van der Waals surface area contributed by atoms with Gasteiger partial charge in [0.05, 0.1) is 6.61 Å². The average molecular weight is 249 g/mol. The molecule has 18 heavy (non-hydrogen) atoms. The van der Waals surface area contributed by atoms with E-state index in [1.807, 2.05) is 26.0 Å². The molecule has 1 N–H and O–H groups in total. The van der Waals surface area contributed by atoms with Crippen molar-refractivity contribution < 1.29 is 14.6 Å². The lowest BCUT2D eigenvalue weighted by atomic mass is 10.1. The highest BCUT2D eigenvalue weighted by atomic mass is 16.5. The second-order valence-corrected chi connectivity index (χ2v) is 4.65. The Morgan fingerprint density at radius 3 is 2.89 bits per heavy atom. The van der Waals surface area contributed by atoms with Gasteiger partial charge in [0.25, 0.3) is 5.91 Å². The first-order valence-corrected chi connectivity index (χ1v) is 6.24. The zero-order valence-electron chi connectivity index (χ0n) is 10.8. The third kappa shape index (κ3) is 2.54. The quantitative estimate of drug-likeness (QED) is 0.881. The summed E-state index contributed by atoms with van der Waals surface area (Å²) in [6.45, 7) is 5.10. The molecule has 1 atom stereocenters. The number of carbonyl (C=O) groups excluding carboxylic acids is 1. The standard InChI is InChI=1S/C14H19NO3/c1-10-3-4-12(11(2)9-10)15-6-8-18-13(5-7-16)14(15)17/h3-4,9,13,16H,5-8H2,1-2H3. The molecule has 4 heteroatoms. The lowest BCUT2D eigenvalue weighted by Gasteiger charge is -2.33. The predicted octanol–water partition coefficient (Wildman–Crippen LogP) is 1.42. The summed E-state index contributed by atoms with van der Waals surface area (Å²) in [6, 6.07) is 6.05. The normalized spacial score (nSPS) is 20.3. The van der Waals surface area contributed by atoms with Gasteiger partial charge in [0, 0.05) is 25.3 Å². The van der Waals surface area contributed by atoms with E-state index in [9.17, 15) is 4.79 Å². The van der Waals surface area contributed by atoms with Crippen molar-refractivity contribution in [3.63, 3.8) is 0 Å². The summed E-state index contributed by atoms with van der Waals surface area (Å²) in [5, 5.41) is 8.93. The van der Waals surface area contributed by atoms with Crippen molar-refractivity contribution in [2.75, 3.05) is 24.7 Å². The Balaban J connectivity index is 2.24. The fourth-order valence-corrected chi connectivity index (χ4v) is 2.31. The SMILES string of the molecule is Cc1ccc(N2CCOC(CCO)C2=O)c(C)c1. The van der Waals surface area contributed by atoms with E-state index in [2.05, 4.69) is 6.07 Å². The Hall–Kier alpha value is -1.39. The number of amides is 1. The highest BCUT2D eigenvalue weighted by Gasteiger charge is 2.30. The summed E-state index contributed by atoms with van der Waals surface area (Å²) in [7, 11) is 0. The Labute approximate surface area is 107 Å². The van der Waals surface area contributed by atoms with Gasteiger partial charge in [-0.15, -0.1) is 0 Å². The lowest BCUT2D eigenvalue weighted by molar-refractivity contribution is -0.134. The number of anilines is 1. The largest absolute Gasteiger partial charge is 0.396 e. The van der Waals surface area contributed by atoms with Gasteiger partial charge in [-0.05, 0) is 25.5 Å². The number of rotatable bonds is 3. The van der Waals surface area contributed by atoms with Crippen molar-refractivity contribution >= 4 is 11.6 Å². The summed E-state index contributed by atoms with van der Waals surface area (Å²) < 4.78 is 5.39. The summed E-state index contributed by atoms with van der Waals surface area (Å²) in [4.78, 5) is 14.0. The molecule has 2 rings (SSSR count). The Morgan fingerprint density at radius 1 is 1.44 bits per heavy atom. The number of aliphatic hydroxyl groups is 1. The van der Waals surface area contributed by atoms with Crippen molar-refractivity contribution in [3.8, 4) is 0 Å². The fourth-order valence-electron chi connectivity index (χ4n) is 2.31. The topological polar surface area (TPSA) is 49.8 Å². The van der Waals surface area contributed by atoms with Crippen molar-refractivity contribution in [1.82, 2.24) is 0 Å². The zero-order chi connectivity index (χ0) is 13.1. The molecule has 0 radical (unpaired) electrons. The predicted molar refractivity (Wildman–Crippen MR) is 69.7 cm³/mol. The molecular formula is C14H19NO3. The highest BCUT2D eigenvalue weighted by molar-refractivity contribution is 5.97. The van der Waals surface area contributed by atoms with Crippen molar-refractivity contribution in [2.45, 2.75) is 26.4 Å². The molecule has 4 nitrogen and oxygen atoms in total. The minimum absolute atomic E-state index is 0.0306. The van der Waals surface area contributed by atoms with Crippen LogP contribution in [0, 0.1) is 13.8 Å². The van der Waals surface area contributed by atoms with Gasteiger partial charge in [-0.2, -0.15) is 0 Å². The van der Waals surface area contributed by atoms with Crippen LogP contribution in [0.4, 0.5) is 5.69 Å². The number of benzene rings is 1. The maximum absolute atomic E-state index is 12.2. The number of hydrogen-bond acceptors (Lipinski definition) is 3. The molecule has 0 aliphatic carbocycles. The van der Waals surface area contributed by atoms with Crippen LogP contribution >= 0.6 is 0 Å². The van der Waals surface area contributed by atoms with Crippen LogP contribution in [-0.4, -0.2) is 36.9 Å². The number of hydrogen-bond donors (Lipinski definition) is 1. The molecule has 1 aromatic rings. The molecule has 1 amide bonds. The molecule has 1 saturated heterocycles. The first kappa shape index (κ1) is 13.1. The molecule has 1 unspecified atom stereocenters. The minimum atomic E-state index is -0.510. The van der Waals surface area contributed by atoms with Crippen molar-refractivity contribution in [1.29, 1.82) is 0 Å². The number of carbonyl (C=O) groups is 1. The highest BCUT2D eigenvalue weighted by Crippen LogP contribution is 2.24. The molecular weight excluding hydrogens is 230 g/mol. The zero-order valence-corrected chi connectivity index (χ0v) is 10.8. The molecule has 1 aliphatic rings. The van der Waals surface area contributed by atoms with Crippen LogP contribution < -0.4 is 4.90 Å². The van der Waals surface area contributed by atoms with Crippen LogP contribution in [0.2, 0.25) is 0 Å². The number of nitrogens with zero attached hydrogens (tertiary/aromatic N) is 1. The number of ether oxygens (including phenoxy) is 1. The van der Waals surface area contributed by atoms with Gasteiger partial charge in [-0.25, -0.2) is 0 Å². The van der Waals surface area contributed by atoms with Crippen molar-refractivity contribution in [3.05, 3.63) is 29.3 Å². The van der Waals surface area contributed by atoms with Gasteiger partial charge < -0.3 is 14.7 Å². The van der Waals surface area contributed by atoms with Gasteiger partial charge in [0.2, 0.25) is 0 Å². The average Bonchev–Trinajstić information content (AvgIpc) is 2.33. The third-order valence-corrected chi connectivity index (χ3v) is 3.21. The Kier molecular flexibility index (Phi) is 3.99. The molecule has 0 saturated carbocycles. The van der Waals surface area contributed by atoms with Crippen LogP contribution in [-0.2, 0) is 9.53 Å². The van der Waals surface area contributed by atoms with Crippen molar-refractivity contribution in [2.24, 2.45) is 0 Å². The summed E-state index contributed by atoms with van der Waals surface area (Å²) in [6.07, 6.45) is -0.148. The van der Waals surface area contributed by atoms with E-state index in [0.717, 1.165) is 11.3 Å². The molecule has 0 bridgehead atoms. The molecule has 1 fully saturated rings. The minimum Gasteiger partial charge on any atom is -0.396 e. The smallest absolute Gasteiger partial charge is 0.256 e. The van der Waals surface area contributed by atoms with Crippen LogP contribution in [0.25, 0.3) is 0 Å². The van der Waals surface area contributed by atoms with Crippen LogP contribution in [0.15, 0.2) is 18.2 Å². The monoisotopic (exact) mass is 249 g/mol. The van der Waals surface area contributed by atoms with E-state index < -0.39 is 6.10 Å².